The van der Waals surface area contributed by atoms with E-state index in [1.165, 1.54) is 18.0 Å². The van der Waals surface area contributed by atoms with Crippen molar-refractivity contribution < 1.29 is 38.0 Å². The number of aromatic nitrogens is 3. The van der Waals surface area contributed by atoms with Crippen molar-refractivity contribution in [2.45, 2.75) is 35.0 Å². The highest BCUT2D eigenvalue weighted by Gasteiger charge is 2.47. The number of hydrogen-bond donors (Lipinski definition) is 3. The molecule has 1 unspecified atom stereocenters. The Bertz CT molecular complexity index is 1120. The number of aliphatic hydroxyl groups is 3. The molecule has 0 amide bonds. The largest absolute Gasteiger partial charge is 0.394 e. The zero-order chi connectivity index (χ0) is 25.1. The number of thioether (sulfide) groups is 1. The van der Waals surface area contributed by atoms with Crippen LogP contribution in [0.4, 0.5) is 13.2 Å². The first-order valence-corrected chi connectivity index (χ1v) is 11.7. The number of rotatable bonds is 8. The van der Waals surface area contributed by atoms with E-state index in [4.69, 9.17) is 9.47 Å². The van der Waals surface area contributed by atoms with E-state index in [9.17, 15) is 28.5 Å². The molecule has 3 aromatic rings. The van der Waals surface area contributed by atoms with E-state index in [0.717, 1.165) is 22.4 Å². The minimum atomic E-state index is -1.61. The van der Waals surface area contributed by atoms with Crippen LogP contribution in [-0.2, 0) is 9.47 Å². The number of benzene rings is 2. The van der Waals surface area contributed by atoms with Gasteiger partial charge in [0.1, 0.15) is 35.5 Å². The van der Waals surface area contributed by atoms with Crippen molar-refractivity contribution in [1.29, 1.82) is 0 Å². The lowest BCUT2D eigenvalue weighted by molar-refractivity contribution is -0.178. The summed E-state index contributed by atoms with van der Waals surface area (Å²) in [6, 6.07) is 9.88. The standard InChI is InChI=1S/C23H24F3N3O5S/c1-33-11-18(12-5-3-2-4-6-12)35-23-22(32)20(21(31)17(10-30)34-23)29-9-16(27-28-29)13-7-14(24)19(26)15(25)8-13/h2-9,17-18,20-23,30-32H,10-11H2,1H3/t17-,18?,20+,21+,22-,23+/m1/s1. The molecule has 4 rings (SSSR count). The van der Waals surface area contributed by atoms with Crippen molar-refractivity contribution >= 4 is 11.8 Å². The molecular formula is C23H24F3N3O5S. The molecule has 3 N–H and O–H groups in total. The molecule has 1 aromatic heterocycles. The molecule has 2 heterocycles. The second kappa shape index (κ2) is 11.1. The molecule has 1 aliphatic heterocycles. The summed E-state index contributed by atoms with van der Waals surface area (Å²) in [5.41, 5.74) is -0.0337. The molecule has 12 heteroatoms. The van der Waals surface area contributed by atoms with Crippen molar-refractivity contribution in [3.05, 3.63) is 71.7 Å². The Morgan fingerprint density at radius 3 is 2.43 bits per heavy atom. The lowest BCUT2D eigenvalue weighted by Gasteiger charge is -2.42. The van der Waals surface area contributed by atoms with Crippen LogP contribution in [-0.4, -0.2) is 74.4 Å². The number of methoxy groups -OCH3 is 1. The van der Waals surface area contributed by atoms with Crippen molar-refractivity contribution in [3.63, 3.8) is 0 Å². The molecule has 188 valence electrons. The summed E-state index contributed by atoms with van der Waals surface area (Å²) in [7, 11) is 1.55. The summed E-state index contributed by atoms with van der Waals surface area (Å²) >= 11 is 1.26. The second-order valence-corrected chi connectivity index (χ2v) is 9.33. The highest BCUT2D eigenvalue weighted by Crippen LogP contribution is 2.41. The van der Waals surface area contributed by atoms with E-state index in [1.54, 1.807) is 7.11 Å². The molecule has 1 aliphatic rings. The molecular weight excluding hydrogens is 487 g/mol. The topological polar surface area (TPSA) is 110 Å². The summed E-state index contributed by atoms with van der Waals surface area (Å²) in [6.07, 6.45) is -2.46. The Morgan fingerprint density at radius 2 is 1.80 bits per heavy atom. The Balaban J connectivity index is 1.62. The first-order chi connectivity index (χ1) is 16.8. The first kappa shape index (κ1) is 25.6. The van der Waals surface area contributed by atoms with Crippen LogP contribution in [0, 0.1) is 17.5 Å². The average molecular weight is 512 g/mol. The van der Waals surface area contributed by atoms with Gasteiger partial charge in [0.15, 0.2) is 17.5 Å². The van der Waals surface area contributed by atoms with Crippen LogP contribution in [0.1, 0.15) is 16.9 Å². The van der Waals surface area contributed by atoms with Crippen LogP contribution in [0.3, 0.4) is 0 Å². The lowest BCUT2D eigenvalue weighted by Crippen LogP contribution is -2.55. The maximum absolute atomic E-state index is 13.7. The summed E-state index contributed by atoms with van der Waals surface area (Å²) in [5.74, 6) is -4.38. The van der Waals surface area contributed by atoms with Crippen LogP contribution in [0.5, 0.6) is 0 Å². The molecule has 1 saturated heterocycles. The molecule has 0 saturated carbocycles. The molecule has 0 bridgehead atoms. The van der Waals surface area contributed by atoms with Gasteiger partial charge in [0.2, 0.25) is 0 Å². The number of halogens is 3. The average Bonchev–Trinajstić information content (AvgIpc) is 3.34. The van der Waals surface area contributed by atoms with Crippen LogP contribution in [0.15, 0.2) is 48.7 Å². The third-order valence-corrected chi connectivity index (χ3v) is 7.13. The first-order valence-electron chi connectivity index (χ1n) is 10.7. The van der Waals surface area contributed by atoms with Crippen LogP contribution < -0.4 is 0 Å². The van der Waals surface area contributed by atoms with Gasteiger partial charge >= 0.3 is 0 Å². The van der Waals surface area contributed by atoms with Crippen molar-refractivity contribution in [2.75, 3.05) is 20.3 Å². The third-order valence-electron chi connectivity index (χ3n) is 5.73. The second-order valence-electron chi connectivity index (χ2n) is 8.03. The number of aliphatic hydroxyl groups excluding tert-OH is 3. The quantitative estimate of drug-likeness (QED) is 0.396. The van der Waals surface area contributed by atoms with Gasteiger partial charge in [-0.1, -0.05) is 35.5 Å². The SMILES string of the molecule is COCC(S[C@@H]1O[C@H](CO)[C@H](O)[C@H](n2cc(-c3cc(F)c(F)c(F)c3)nn2)[C@H]1O)c1ccccc1. The van der Waals surface area contributed by atoms with Crippen LogP contribution in [0.2, 0.25) is 0 Å². The molecule has 8 nitrogen and oxygen atoms in total. The Hall–Kier alpha value is -2.48. The van der Waals surface area contributed by atoms with E-state index in [0.29, 0.717) is 6.61 Å². The van der Waals surface area contributed by atoms with E-state index >= 15 is 0 Å². The van der Waals surface area contributed by atoms with E-state index in [2.05, 4.69) is 10.3 Å². The molecule has 1 fully saturated rings. The third kappa shape index (κ3) is 5.37. The normalized spacial score (nSPS) is 25.5. The summed E-state index contributed by atoms with van der Waals surface area (Å²) < 4.78 is 53.0. The van der Waals surface area contributed by atoms with Gasteiger partial charge in [-0.05, 0) is 17.7 Å². The highest BCUT2D eigenvalue weighted by molar-refractivity contribution is 8.00. The van der Waals surface area contributed by atoms with Gasteiger partial charge in [-0.15, -0.1) is 16.9 Å². The summed E-state index contributed by atoms with van der Waals surface area (Å²) in [4.78, 5) is 0. The monoisotopic (exact) mass is 511 g/mol. The predicted octanol–water partition coefficient (Wildman–Crippen LogP) is 2.46. The van der Waals surface area contributed by atoms with Crippen LogP contribution >= 0.6 is 11.8 Å². The van der Waals surface area contributed by atoms with Gasteiger partial charge in [-0.3, -0.25) is 0 Å². The Labute approximate surface area is 203 Å². The molecule has 0 spiro atoms. The fraction of sp³-hybridized carbons (Fsp3) is 0.391. The number of nitrogens with zero attached hydrogens (tertiary/aromatic N) is 3. The highest BCUT2D eigenvalue weighted by atomic mass is 32.2. The minimum Gasteiger partial charge on any atom is -0.394 e. The van der Waals surface area contributed by atoms with Gasteiger partial charge in [0, 0.05) is 12.7 Å². The predicted molar refractivity (Wildman–Crippen MR) is 121 cm³/mol. The maximum Gasteiger partial charge on any atom is 0.194 e. The fourth-order valence-electron chi connectivity index (χ4n) is 3.95. The summed E-state index contributed by atoms with van der Waals surface area (Å²) in [5, 5.41) is 39.3. The van der Waals surface area contributed by atoms with Crippen molar-refractivity contribution in [1.82, 2.24) is 15.0 Å². The zero-order valence-corrected chi connectivity index (χ0v) is 19.4. The Morgan fingerprint density at radius 1 is 1.11 bits per heavy atom. The zero-order valence-electron chi connectivity index (χ0n) is 18.5. The van der Waals surface area contributed by atoms with Gasteiger partial charge in [-0.25, -0.2) is 17.9 Å². The summed E-state index contributed by atoms with van der Waals surface area (Å²) in [6.45, 7) is -0.217. The van der Waals surface area contributed by atoms with Gasteiger partial charge in [0.05, 0.1) is 24.7 Å². The lowest BCUT2D eigenvalue weighted by atomic mass is 9.97. The smallest absolute Gasteiger partial charge is 0.194 e. The van der Waals surface area contributed by atoms with E-state index < -0.39 is 53.8 Å². The molecule has 2 aromatic carbocycles. The maximum atomic E-state index is 13.7. The Kier molecular flexibility index (Phi) is 8.09. The number of hydrogen-bond acceptors (Lipinski definition) is 8. The van der Waals surface area contributed by atoms with E-state index in [1.807, 2.05) is 30.3 Å². The van der Waals surface area contributed by atoms with Gasteiger partial charge < -0.3 is 24.8 Å². The minimum absolute atomic E-state index is 0.0000107. The van der Waals surface area contributed by atoms with Crippen LogP contribution in [0.25, 0.3) is 11.3 Å². The fourth-order valence-corrected chi connectivity index (χ4v) is 5.33. The van der Waals surface area contributed by atoms with Gasteiger partial charge in [-0.2, -0.15) is 0 Å². The van der Waals surface area contributed by atoms with E-state index in [-0.39, 0.29) is 16.5 Å². The number of ether oxygens (including phenoxy) is 2. The molecule has 6 atom stereocenters. The molecule has 35 heavy (non-hydrogen) atoms. The van der Waals surface area contributed by atoms with Crippen molar-refractivity contribution in [2.24, 2.45) is 0 Å². The molecule has 0 aliphatic carbocycles. The molecule has 0 radical (unpaired) electrons. The van der Waals surface area contributed by atoms with Crippen molar-refractivity contribution in [3.8, 4) is 11.3 Å². The van der Waals surface area contributed by atoms with Gasteiger partial charge in [0.25, 0.3) is 0 Å².